The first-order chi connectivity index (χ1) is 14.4. The molecule has 1 aromatic heterocycles. The minimum atomic E-state index is -0.446. The molecule has 0 atom stereocenters. The van der Waals surface area contributed by atoms with Crippen molar-refractivity contribution in [1.82, 2.24) is 0 Å². The Morgan fingerprint density at radius 2 is 1.83 bits per heavy atom. The van der Waals surface area contributed by atoms with E-state index in [0.29, 0.717) is 40.3 Å². The third kappa shape index (κ3) is 4.83. The van der Waals surface area contributed by atoms with E-state index in [4.69, 9.17) is 14.2 Å². The number of urea groups is 1. The molecular weight excluding hydrogens is 404 g/mol. The molecule has 158 valence electrons. The van der Waals surface area contributed by atoms with Gasteiger partial charge in [-0.2, -0.15) is 0 Å². The van der Waals surface area contributed by atoms with Crippen LogP contribution >= 0.6 is 11.3 Å². The van der Waals surface area contributed by atoms with Crippen LogP contribution in [0.2, 0.25) is 0 Å². The summed E-state index contributed by atoms with van der Waals surface area (Å²) < 4.78 is 16.9. The molecule has 2 amide bonds. The first-order valence-corrected chi connectivity index (χ1v) is 10.2. The zero-order chi connectivity index (χ0) is 21.7. The van der Waals surface area contributed by atoms with Crippen molar-refractivity contribution in [2.24, 2.45) is 5.92 Å². The molecule has 3 aromatic rings. The summed E-state index contributed by atoms with van der Waals surface area (Å²) in [4.78, 5) is 25.1. The number of hydrogen-bond donors (Lipinski definition) is 2. The van der Waals surface area contributed by atoms with Crippen LogP contribution in [0.3, 0.4) is 0 Å². The molecule has 0 aliphatic carbocycles. The van der Waals surface area contributed by atoms with Crippen molar-refractivity contribution in [2.45, 2.75) is 13.8 Å². The van der Waals surface area contributed by atoms with Crippen LogP contribution in [0.15, 0.2) is 42.5 Å². The second kappa shape index (κ2) is 9.49. The number of rotatable bonds is 7. The minimum Gasteiger partial charge on any atom is -0.495 e. The standard InChI is InChI=1S/C22H24N2O5S/c1-13(2)12-29-19-15-11-14(9-10-18(15)30-20(19)21(25)28-4)23-22(26)24-16-7-5-6-8-17(16)27-3/h5-11,13H,12H2,1-4H3,(H2,23,24,26). The number of ether oxygens (including phenoxy) is 3. The van der Waals surface area contributed by atoms with E-state index in [1.165, 1.54) is 18.4 Å². The predicted octanol–water partition coefficient (Wildman–Crippen LogP) is 5.38. The lowest BCUT2D eigenvalue weighted by Crippen LogP contribution is -2.19. The van der Waals surface area contributed by atoms with Crippen LogP contribution in [-0.2, 0) is 4.74 Å². The third-order valence-corrected chi connectivity index (χ3v) is 5.32. The number of para-hydroxylation sites is 2. The predicted molar refractivity (Wildman–Crippen MR) is 119 cm³/mol. The summed E-state index contributed by atoms with van der Waals surface area (Å²) in [5, 5.41) is 6.32. The van der Waals surface area contributed by atoms with Crippen molar-refractivity contribution in [2.75, 3.05) is 31.5 Å². The maximum atomic E-state index is 12.5. The summed E-state index contributed by atoms with van der Waals surface area (Å²) in [5.74, 6) is 0.883. The fourth-order valence-corrected chi connectivity index (χ4v) is 3.85. The largest absolute Gasteiger partial charge is 0.495 e. The maximum absolute atomic E-state index is 12.5. The fraction of sp³-hybridized carbons (Fsp3) is 0.273. The summed E-state index contributed by atoms with van der Waals surface area (Å²) in [6, 6.07) is 12.1. The van der Waals surface area contributed by atoms with Gasteiger partial charge < -0.3 is 24.8 Å². The van der Waals surface area contributed by atoms with Crippen LogP contribution in [-0.4, -0.2) is 32.8 Å². The third-order valence-electron chi connectivity index (χ3n) is 4.19. The zero-order valence-electron chi connectivity index (χ0n) is 17.3. The van der Waals surface area contributed by atoms with Crippen molar-refractivity contribution >= 4 is 44.8 Å². The topological polar surface area (TPSA) is 85.9 Å². The Hall–Kier alpha value is -3.26. The van der Waals surface area contributed by atoms with E-state index in [9.17, 15) is 9.59 Å². The average Bonchev–Trinajstić information content (AvgIpc) is 3.09. The summed E-state index contributed by atoms with van der Waals surface area (Å²) >= 11 is 1.30. The number of carbonyl (C=O) groups is 2. The lowest BCUT2D eigenvalue weighted by molar-refractivity contribution is 0.0601. The highest BCUT2D eigenvalue weighted by Crippen LogP contribution is 2.40. The van der Waals surface area contributed by atoms with Crippen LogP contribution in [0.25, 0.3) is 10.1 Å². The second-order valence-corrected chi connectivity index (χ2v) is 8.00. The number of methoxy groups -OCH3 is 2. The van der Waals surface area contributed by atoms with Crippen molar-refractivity contribution in [3.8, 4) is 11.5 Å². The van der Waals surface area contributed by atoms with Crippen molar-refractivity contribution < 1.29 is 23.8 Å². The Morgan fingerprint density at radius 1 is 1.07 bits per heavy atom. The van der Waals surface area contributed by atoms with E-state index in [1.807, 2.05) is 32.0 Å². The van der Waals surface area contributed by atoms with Crippen LogP contribution in [0.1, 0.15) is 23.5 Å². The molecule has 3 rings (SSSR count). The molecule has 0 radical (unpaired) electrons. The van der Waals surface area contributed by atoms with Gasteiger partial charge in [0.2, 0.25) is 0 Å². The average molecular weight is 429 g/mol. The zero-order valence-corrected chi connectivity index (χ0v) is 18.1. The highest BCUT2D eigenvalue weighted by molar-refractivity contribution is 7.21. The highest BCUT2D eigenvalue weighted by atomic mass is 32.1. The SMILES string of the molecule is COC(=O)c1sc2ccc(NC(=O)Nc3ccccc3OC)cc2c1OCC(C)C. The van der Waals surface area contributed by atoms with Crippen LogP contribution in [0.5, 0.6) is 11.5 Å². The summed E-state index contributed by atoms with van der Waals surface area (Å²) in [5.41, 5.74) is 1.13. The number of hydrogen-bond acceptors (Lipinski definition) is 6. The van der Waals surface area contributed by atoms with Gasteiger partial charge in [-0.25, -0.2) is 9.59 Å². The summed E-state index contributed by atoms with van der Waals surface area (Å²) in [6.07, 6.45) is 0. The van der Waals surface area contributed by atoms with Gasteiger partial charge in [0, 0.05) is 15.8 Å². The fourth-order valence-electron chi connectivity index (χ4n) is 2.81. The first kappa shape index (κ1) is 21.4. The molecule has 0 fully saturated rings. The number of thiophene rings is 1. The highest BCUT2D eigenvalue weighted by Gasteiger charge is 2.21. The molecule has 0 aliphatic heterocycles. The molecule has 1 heterocycles. The molecule has 0 spiro atoms. The van der Waals surface area contributed by atoms with Crippen molar-refractivity contribution in [3.05, 3.63) is 47.3 Å². The normalized spacial score (nSPS) is 10.7. The summed E-state index contributed by atoms with van der Waals surface area (Å²) in [6.45, 7) is 4.52. The Balaban J connectivity index is 1.87. The lowest BCUT2D eigenvalue weighted by atomic mass is 10.2. The van der Waals surface area contributed by atoms with Gasteiger partial charge in [0.1, 0.15) is 5.75 Å². The van der Waals surface area contributed by atoms with E-state index in [1.54, 1.807) is 31.4 Å². The first-order valence-electron chi connectivity index (χ1n) is 9.41. The van der Waals surface area contributed by atoms with Gasteiger partial charge in [-0.15, -0.1) is 11.3 Å². The van der Waals surface area contributed by atoms with Crippen molar-refractivity contribution in [3.63, 3.8) is 0 Å². The molecule has 0 saturated heterocycles. The van der Waals surface area contributed by atoms with Gasteiger partial charge in [-0.3, -0.25) is 0 Å². The van der Waals surface area contributed by atoms with E-state index in [-0.39, 0.29) is 0 Å². The van der Waals surface area contributed by atoms with Gasteiger partial charge >= 0.3 is 12.0 Å². The minimum absolute atomic E-state index is 0.290. The number of benzene rings is 2. The van der Waals surface area contributed by atoms with Crippen LogP contribution in [0, 0.1) is 5.92 Å². The Bertz CT molecular complexity index is 1060. The molecule has 0 bridgehead atoms. The Morgan fingerprint density at radius 3 is 2.53 bits per heavy atom. The number of anilines is 2. The lowest BCUT2D eigenvalue weighted by Gasteiger charge is -2.12. The number of esters is 1. The van der Waals surface area contributed by atoms with Gasteiger partial charge in [-0.05, 0) is 36.2 Å². The van der Waals surface area contributed by atoms with E-state index >= 15 is 0 Å². The van der Waals surface area contributed by atoms with E-state index < -0.39 is 12.0 Å². The molecule has 7 nitrogen and oxygen atoms in total. The molecule has 8 heteroatoms. The van der Waals surface area contributed by atoms with E-state index in [0.717, 1.165) is 10.1 Å². The number of fused-ring (bicyclic) bond motifs is 1. The van der Waals surface area contributed by atoms with E-state index in [2.05, 4.69) is 10.6 Å². The van der Waals surface area contributed by atoms with Gasteiger partial charge in [-0.1, -0.05) is 26.0 Å². The molecule has 0 unspecified atom stereocenters. The number of carbonyl (C=O) groups excluding carboxylic acids is 2. The van der Waals surface area contributed by atoms with Crippen LogP contribution in [0.4, 0.5) is 16.2 Å². The number of nitrogens with one attached hydrogen (secondary N) is 2. The van der Waals surface area contributed by atoms with Crippen LogP contribution < -0.4 is 20.1 Å². The number of amides is 2. The van der Waals surface area contributed by atoms with Crippen molar-refractivity contribution in [1.29, 1.82) is 0 Å². The molecule has 0 aliphatic rings. The van der Waals surface area contributed by atoms with Gasteiger partial charge in [0.05, 0.1) is 26.5 Å². The molecule has 0 saturated carbocycles. The quantitative estimate of drug-likeness (QED) is 0.494. The smallest absolute Gasteiger partial charge is 0.351 e. The molecular formula is C22H24N2O5S. The van der Waals surface area contributed by atoms with Gasteiger partial charge in [0.15, 0.2) is 10.6 Å². The second-order valence-electron chi connectivity index (χ2n) is 6.95. The molecule has 2 aromatic carbocycles. The monoisotopic (exact) mass is 428 g/mol. The summed E-state index contributed by atoms with van der Waals surface area (Å²) in [7, 11) is 2.88. The molecule has 30 heavy (non-hydrogen) atoms. The Kier molecular flexibility index (Phi) is 6.79. The Labute approximate surface area is 178 Å². The maximum Gasteiger partial charge on any atom is 0.351 e. The molecule has 2 N–H and O–H groups in total. The van der Waals surface area contributed by atoms with Gasteiger partial charge in [0.25, 0.3) is 0 Å².